The molecule has 0 bridgehead atoms. The monoisotopic (exact) mass is 216 g/mol. The first-order valence-electron chi connectivity index (χ1n) is 5.36. The van der Waals surface area contributed by atoms with Gasteiger partial charge in [-0.1, -0.05) is 12.1 Å². The van der Waals surface area contributed by atoms with Crippen molar-refractivity contribution in [2.45, 2.75) is 24.7 Å². The Morgan fingerprint density at radius 3 is 2.62 bits per heavy atom. The van der Waals surface area contributed by atoms with E-state index in [4.69, 9.17) is 0 Å². The molecule has 1 aromatic carbocycles. The van der Waals surface area contributed by atoms with Crippen molar-refractivity contribution in [1.29, 1.82) is 0 Å². The summed E-state index contributed by atoms with van der Waals surface area (Å²) < 4.78 is 0. The first-order chi connectivity index (χ1) is 7.61. The van der Waals surface area contributed by atoms with E-state index < -0.39 is 0 Å². The highest BCUT2D eigenvalue weighted by atomic mass is 16.6. The zero-order valence-corrected chi connectivity index (χ0v) is 9.06. The number of rotatable bonds is 4. The van der Waals surface area contributed by atoms with Crippen LogP contribution in [0, 0.1) is 17.0 Å². The average molecular weight is 216 g/mol. The molecule has 1 radical (unpaired) electrons. The summed E-state index contributed by atoms with van der Waals surface area (Å²) in [7, 11) is 0. The second kappa shape index (κ2) is 4.08. The number of nitrogens with zero attached hydrogens (tertiary/aromatic N) is 1. The zero-order valence-electron chi connectivity index (χ0n) is 9.06. The lowest BCUT2D eigenvalue weighted by Gasteiger charge is -2.08. The first-order valence-corrected chi connectivity index (χ1v) is 5.36. The number of nitro benzene ring substituents is 1. The van der Waals surface area contributed by atoms with E-state index in [2.05, 4.69) is 13.5 Å². The van der Waals surface area contributed by atoms with Gasteiger partial charge in [-0.2, -0.15) is 0 Å². The summed E-state index contributed by atoms with van der Waals surface area (Å²) in [4.78, 5) is 10.5. The molecule has 1 unspecified atom stereocenters. The third kappa shape index (κ3) is 2.13. The van der Waals surface area contributed by atoms with Gasteiger partial charge < -0.3 is 0 Å². The first kappa shape index (κ1) is 10.9. The number of benzene rings is 1. The standard InChI is InChI=1S/C13H14NO2/c1-3-9(2)11-6-12(10-4-5-10)8-13(7-11)14(15)16/h3,6-10H,1-2,4-5H2. The summed E-state index contributed by atoms with van der Waals surface area (Å²) in [6, 6.07) is 5.28. The van der Waals surface area contributed by atoms with Crippen molar-refractivity contribution in [1.82, 2.24) is 0 Å². The quantitative estimate of drug-likeness (QED) is 0.438. The molecule has 0 amide bonds. The molecular formula is C13H14NO2. The highest BCUT2D eigenvalue weighted by Gasteiger charge is 2.26. The smallest absolute Gasteiger partial charge is 0.258 e. The predicted octanol–water partition coefficient (Wildman–Crippen LogP) is 3.58. The van der Waals surface area contributed by atoms with E-state index in [-0.39, 0.29) is 16.5 Å². The molecule has 0 heterocycles. The van der Waals surface area contributed by atoms with Crippen LogP contribution in [-0.2, 0) is 0 Å². The van der Waals surface area contributed by atoms with Gasteiger partial charge in [0, 0.05) is 18.1 Å². The lowest BCUT2D eigenvalue weighted by Crippen LogP contribution is -1.96. The van der Waals surface area contributed by atoms with Crippen LogP contribution in [0.5, 0.6) is 0 Å². The molecule has 2 rings (SSSR count). The number of hydrogen-bond acceptors (Lipinski definition) is 2. The molecule has 1 aromatic rings. The maximum atomic E-state index is 10.8. The molecule has 0 saturated heterocycles. The van der Waals surface area contributed by atoms with Crippen molar-refractivity contribution in [3.8, 4) is 0 Å². The van der Waals surface area contributed by atoms with Crippen molar-refractivity contribution in [2.75, 3.05) is 0 Å². The van der Waals surface area contributed by atoms with E-state index in [0.717, 1.165) is 24.0 Å². The Bertz CT molecular complexity index is 436. The second-order valence-electron chi connectivity index (χ2n) is 4.23. The van der Waals surface area contributed by atoms with E-state index >= 15 is 0 Å². The van der Waals surface area contributed by atoms with Crippen molar-refractivity contribution in [3.05, 3.63) is 59.0 Å². The largest absolute Gasteiger partial charge is 0.270 e. The van der Waals surface area contributed by atoms with Gasteiger partial charge in [-0.15, -0.1) is 6.58 Å². The Morgan fingerprint density at radius 2 is 2.12 bits per heavy atom. The van der Waals surface area contributed by atoms with E-state index in [1.165, 1.54) is 0 Å². The third-order valence-electron chi connectivity index (χ3n) is 2.93. The molecule has 3 nitrogen and oxygen atoms in total. The summed E-state index contributed by atoms with van der Waals surface area (Å²) in [6.45, 7) is 7.58. The van der Waals surface area contributed by atoms with Crippen LogP contribution in [0.4, 0.5) is 5.69 Å². The lowest BCUT2D eigenvalue weighted by molar-refractivity contribution is -0.385. The number of allylic oxidation sites excluding steroid dienone is 1. The van der Waals surface area contributed by atoms with Crippen molar-refractivity contribution >= 4 is 5.69 Å². The van der Waals surface area contributed by atoms with Crippen LogP contribution in [0.15, 0.2) is 30.9 Å². The SMILES string of the molecule is [CH2]C(C=C)c1cc(C2CC2)cc([N+](=O)[O-])c1. The van der Waals surface area contributed by atoms with Gasteiger partial charge in [-0.25, -0.2) is 0 Å². The van der Waals surface area contributed by atoms with Gasteiger partial charge in [0.05, 0.1) is 4.92 Å². The molecular weight excluding hydrogens is 202 g/mol. The Labute approximate surface area is 94.9 Å². The fourth-order valence-corrected chi connectivity index (χ4v) is 1.77. The summed E-state index contributed by atoms with van der Waals surface area (Å²) in [5.74, 6) is 0.424. The van der Waals surface area contributed by atoms with Crippen molar-refractivity contribution in [3.63, 3.8) is 0 Å². The molecule has 16 heavy (non-hydrogen) atoms. The Hall–Kier alpha value is -1.64. The van der Waals surface area contributed by atoms with Gasteiger partial charge in [-0.05, 0) is 36.8 Å². The van der Waals surface area contributed by atoms with Gasteiger partial charge in [0.2, 0.25) is 0 Å². The van der Waals surface area contributed by atoms with Crippen molar-refractivity contribution in [2.24, 2.45) is 0 Å². The molecule has 1 aliphatic carbocycles. The van der Waals surface area contributed by atoms with E-state index in [9.17, 15) is 10.1 Å². The maximum absolute atomic E-state index is 10.8. The average Bonchev–Trinajstić information content (AvgIpc) is 3.11. The minimum atomic E-state index is -0.342. The Morgan fingerprint density at radius 1 is 1.44 bits per heavy atom. The molecule has 83 valence electrons. The number of hydrogen-bond donors (Lipinski definition) is 0. The summed E-state index contributed by atoms with van der Waals surface area (Å²) >= 11 is 0. The van der Waals surface area contributed by atoms with Gasteiger partial charge in [0.15, 0.2) is 0 Å². The van der Waals surface area contributed by atoms with Crippen LogP contribution in [0.3, 0.4) is 0 Å². The predicted molar refractivity (Wildman–Crippen MR) is 63.4 cm³/mol. The normalized spacial score (nSPS) is 16.8. The van der Waals surface area contributed by atoms with Gasteiger partial charge in [0.25, 0.3) is 5.69 Å². The minimum absolute atomic E-state index is 0.0857. The van der Waals surface area contributed by atoms with Gasteiger partial charge in [-0.3, -0.25) is 10.1 Å². The lowest BCUT2D eigenvalue weighted by atomic mass is 9.97. The molecule has 0 spiro atoms. The van der Waals surface area contributed by atoms with Crippen LogP contribution in [0.25, 0.3) is 0 Å². The highest BCUT2D eigenvalue weighted by Crippen LogP contribution is 2.42. The number of non-ortho nitro benzene ring substituents is 1. The molecule has 0 N–H and O–H groups in total. The minimum Gasteiger partial charge on any atom is -0.258 e. The third-order valence-corrected chi connectivity index (χ3v) is 2.93. The molecule has 1 atom stereocenters. The van der Waals surface area contributed by atoms with Crippen LogP contribution in [0.2, 0.25) is 0 Å². The van der Waals surface area contributed by atoms with E-state index in [0.29, 0.717) is 5.92 Å². The summed E-state index contributed by atoms with van der Waals surface area (Å²) in [5.41, 5.74) is 2.11. The zero-order chi connectivity index (χ0) is 11.7. The van der Waals surface area contributed by atoms with Crippen LogP contribution in [0.1, 0.15) is 35.8 Å². The van der Waals surface area contributed by atoms with Crippen LogP contribution in [-0.4, -0.2) is 4.92 Å². The molecule has 1 saturated carbocycles. The van der Waals surface area contributed by atoms with E-state index in [1.54, 1.807) is 18.2 Å². The fraction of sp³-hybridized carbons (Fsp3) is 0.308. The van der Waals surface area contributed by atoms with Crippen molar-refractivity contribution < 1.29 is 4.92 Å². The maximum Gasteiger partial charge on any atom is 0.270 e. The fourth-order valence-electron chi connectivity index (χ4n) is 1.77. The molecule has 0 aliphatic heterocycles. The molecule has 3 heteroatoms. The highest BCUT2D eigenvalue weighted by molar-refractivity contribution is 5.44. The van der Waals surface area contributed by atoms with Crippen LogP contribution >= 0.6 is 0 Å². The molecule has 0 aromatic heterocycles. The topological polar surface area (TPSA) is 43.1 Å². The van der Waals surface area contributed by atoms with E-state index in [1.807, 2.05) is 6.07 Å². The van der Waals surface area contributed by atoms with Crippen LogP contribution < -0.4 is 0 Å². The number of nitro groups is 1. The molecule has 1 aliphatic rings. The van der Waals surface area contributed by atoms with Gasteiger partial charge in [0.1, 0.15) is 0 Å². The van der Waals surface area contributed by atoms with Gasteiger partial charge >= 0.3 is 0 Å². The Balaban J connectivity index is 2.43. The summed E-state index contributed by atoms with van der Waals surface area (Å²) in [6.07, 6.45) is 3.97. The summed E-state index contributed by atoms with van der Waals surface area (Å²) in [5, 5.41) is 10.8. The second-order valence-corrected chi connectivity index (χ2v) is 4.23. The Kier molecular flexibility index (Phi) is 2.77. The molecule has 1 fully saturated rings.